The van der Waals surface area contributed by atoms with E-state index in [2.05, 4.69) is 132 Å². The van der Waals surface area contributed by atoms with E-state index in [1.807, 2.05) is 0 Å². The van der Waals surface area contributed by atoms with E-state index in [0.29, 0.717) is 0 Å². The number of hydrogen-bond acceptors (Lipinski definition) is 2. The Balaban J connectivity index is 1.35. The fraction of sp³-hybridized carbons (Fsp3) is 0. The van der Waals surface area contributed by atoms with Crippen LogP contribution in [0.5, 0.6) is 0 Å². The van der Waals surface area contributed by atoms with E-state index >= 15 is 0 Å². The Hall–Kier alpha value is -6.06. The molecule has 9 aromatic rings. The number of benzene rings is 7. The number of hydrogen-bond donors (Lipinski definition) is 0. The fourth-order valence-electron chi connectivity index (χ4n) is 8.26. The lowest BCUT2D eigenvalue weighted by Gasteiger charge is -2.17. The Morgan fingerprint density at radius 3 is 1.87 bits per heavy atom. The summed E-state index contributed by atoms with van der Waals surface area (Å²) in [6, 6.07) is 47.0. The Morgan fingerprint density at radius 2 is 1.04 bits per heavy atom. The fourth-order valence-corrected chi connectivity index (χ4v) is 8.26. The monoisotopic (exact) mass is 569 g/mol. The van der Waals surface area contributed by atoms with E-state index in [1.165, 1.54) is 82.4 Å². The maximum atomic E-state index is 4.74. The SMILES string of the molecule is c1ccc(-c2ccc3c4c2-c2cccc5cccc(c25)-c2cccc(c24)n3-c2ccc3c4c(cccc24)-c2nccnc2-3)cc1. The highest BCUT2D eigenvalue weighted by atomic mass is 15.0. The topological polar surface area (TPSA) is 30.7 Å². The van der Waals surface area contributed by atoms with Gasteiger partial charge in [0.1, 0.15) is 0 Å². The number of nitrogens with zero attached hydrogens (tertiary/aromatic N) is 3. The summed E-state index contributed by atoms with van der Waals surface area (Å²) in [5.41, 5.74) is 15.5. The van der Waals surface area contributed by atoms with Gasteiger partial charge < -0.3 is 4.57 Å². The van der Waals surface area contributed by atoms with E-state index in [-0.39, 0.29) is 0 Å². The molecule has 7 aromatic carbocycles. The first-order valence-electron chi connectivity index (χ1n) is 15.4. The summed E-state index contributed by atoms with van der Waals surface area (Å²) in [5, 5.41) is 7.64. The Kier molecular flexibility index (Phi) is 4.32. The standard InChI is InChI=1S/C42H23N3/c1-2-8-24(9-3-1)26-18-21-35-40-38(26)30-15-5-11-25-10-4-12-27(36(25)30)28-13-7-17-34(39(28)40)45(35)33-20-19-32-37-29(33)14-6-16-31(37)41-42(32)44-23-22-43-41/h1-23H. The van der Waals surface area contributed by atoms with Gasteiger partial charge in [0, 0.05) is 50.6 Å². The highest BCUT2D eigenvalue weighted by Crippen LogP contribution is 2.53. The molecule has 45 heavy (non-hydrogen) atoms. The molecule has 0 radical (unpaired) electrons. The van der Waals surface area contributed by atoms with E-state index in [4.69, 9.17) is 9.97 Å². The van der Waals surface area contributed by atoms with Crippen LogP contribution in [0.1, 0.15) is 0 Å². The van der Waals surface area contributed by atoms with E-state index < -0.39 is 0 Å². The molecule has 2 aliphatic carbocycles. The van der Waals surface area contributed by atoms with Crippen molar-refractivity contribution in [2.24, 2.45) is 0 Å². The molecule has 0 saturated heterocycles. The van der Waals surface area contributed by atoms with Crippen molar-refractivity contribution in [3.63, 3.8) is 0 Å². The van der Waals surface area contributed by atoms with Crippen molar-refractivity contribution in [3.05, 3.63) is 140 Å². The van der Waals surface area contributed by atoms with Crippen LogP contribution in [-0.4, -0.2) is 14.5 Å². The second-order valence-electron chi connectivity index (χ2n) is 12.1. The van der Waals surface area contributed by atoms with E-state index in [0.717, 1.165) is 22.5 Å². The van der Waals surface area contributed by atoms with Crippen molar-refractivity contribution < 1.29 is 0 Å². The zero-order chi connectivity index (χ0) is 29.2. The van der Waals surface area contributed by atoms with Gasteiger partial charge in [0.25, 0.3) is 0 Å². The molecular formula is C42H23N3. The molecule has 0 N–H and O–H groups in total. The van der Waals surface area contributed by atoms with Crippen molar-refractivity contribution in [2.45, 2.75) is 0 Å². The van der Waals surface area contributed by atoms with Crippen LogP contribution >= 0.6 is 0 Å². The van der Waals surface area contributed by atoms with Crippen molar-refractivity contribution in [2.75, 3.05) is 0 Å². The Morgan fingerprint density at radius 1 is 0.400 bits per heavy atom. The highest BCUT2D eigenvalue weighted by molar-refractivity contribution is 6.29. The molecule has 0 saturated carbocycles. The molecule has 0 amide bonds. The van der Waals surface area contributed by atoms with Crippen LogP contribution in [0.4, 0.5) is 0 Å². The number of rotatable bonds is 2. The third-order valence-corrected chi connectivity index (χ3v) is 9.97. The van der Waals surface area contributed by atoms with Crippen LogP contribution in [0.25, 0.3) is 105 Å². The normalized spacial score (nSPS) is 12.4. The lowest BCUT2D eigenvalue weighted by atomic mass is 9.89. The van der Waals surface area contributed by atoms with Crippen molar-refractivity contribution >= 4 is 43.4 Å². The van der Waals surface area contributed by atoms with Crippen LogP contribution < -0.4 is 0 Å². The number of fused-ring (bicyclic) bond motifs is 5. The summed E-state index contributed by atoms with van der Waals surface area (Å²) in [7, 11) is 0. The highest BCUT2D eigenvalue weighted by Gasteiger charge is 2.29. The van der Waals surface area contributed by atoms with Crippen LogP contribution in [-0.2, 0) is 0 Å². The van der Waals surface area contributed by atoms with Gasteiger partial charge in [-0.1, -0.05) is 103 Å². The predicted molar refractivity (Wildman–Crippen MR) is 186 cm³/mol. The van der Waals surface area contributed by atoms with Crippen molar-refractivity contribution in [3.8, 4) is 61.6 Å². The van der Waals surface area contributed by atoms with Crippen molar-refractivity contribution in [1.29, 1.82) is 0 Å². The summed E-state index contributed by atoms with van der Waals surface area (Å²) in [5.74, 6) is 0. The maximum absolute atomic E-state index is 4.74. The van der Waals surface area contributed by atoms with Gasteiger partial charge in [-0.3, -0.25) is 9.97 Å². The maximum Gasteiger partial charge on any atom is 0.0971 e. The molecule has 3 nitrogen and oxygen atoms in total. The van der Waals surface area contributed by atoms with Crippen LogP contribution in [0.2, 0.25) is 0 Å². The van der Waals surface area contributed by atoms with Crippen LogP contribution in [0, 0.1) is 0 Å². The minimum atomic E-state index is 0.966. The summed E-state index contributed by atoms with van der Waals surface area (Å²) in [6.45, 7) is 0. The lowest BCUT2D eigenvalue weighted by molar-refractivity contribution is 1.20. The Labute approximate surface area is 258 Å². The van der Waals surface area contributed by atoms with Gasteiger partial charge in [0.05, 0.1) is 28.1 Å². The first kappa shape index (κ1) is 23.4. The van der Waals surface area contributed by atoms with Gasteiger partial charge in [-0.15, -0.1) is 0 Å². The van der Waals surface area contributed by atoms with Gasteiger partial charge in [0.2, 0.25) is 0 Å². The molecular weight excluding hydrogens is 546 g/mol. The molecule has 0 unspecified atom stereocenters. The lowest BCUT2D eigenvalue weighted by Crippen LogP contribution is -1.97. The quantitative estimate of drug-likeness (QED) is 0.207. The van der Waals surface area contributed by atoms with Gasteiger partial charge in [-0.25, -0.2) is 0 Å². The number of aromatic nitrogens is 3. The summed E-state index contributed by atoms with van der Waals surface area (Å²) >= 11 is 0. The molecule has 2 aliphatic rings. The second-order valence-corrected chi connectivity index (χ2v) is 12.1. The zero-order valence-corrected chi connectivity index (χ0v) is 24.1. The van der Waals surface area contributed by atoms with Crippen LogP contribution in [0.15, 0.2) is 140 Å². The second kappa shape index (κ2) is 8.31. The third kappa shape index (κ3) is 2.86. The molecule has 0 fully saturated rings. The van der Waals surface area contributed by atoms with Gasteiger partial charge in [-0.2, -0.15) is 0 Å². The molecule has 2 aromatic heterocycles. The smallest absolute Gasteiger partial charge is 0.0971 e. The molecule has 2 heterocycles. The van der Waals surface area contributed by atoms with Crippen LogP contribution in [0.3, 0.4) is 0 Å². The summed E-state index contributed by atoms with van der Waals surface area (Å²) < 4.78 is 2.49. The molecule has 0 bridgehead atoms. The average Bonchev–Trinajstić information content (AvgIpc) is 3.57. The molecule has 206 valence electrons. The van der Waals surface area contributed by atoms with Crippen molar-refractivity contribution in [1.82, 2.24) is 14.5 Å². The van der Waals surface area contributed by atoms with Gasteiger partial charge in [-0.05, 0) is 62.9 Å². The molecule has 0 aliphatic heterocycles. The van der Waals surface area contributed by atoms with Gasteiger partial charge in [0.15, 0.2) is 0 Å². The van der Waals surface area contributed by atoms with Gasteiger partial charge >= 0.3 is 0 Å². The Bertz CT molecular complexity index is 2720. The summed E-state index contributed by atoms with van der Waals surface area (Å²) in [6.07, 6.45) is 3.59. The predicted octanol–water partition coefficient (Wildman–Crippen LogP) is 10.8. The first-order valence-corrected chi connectivity index (χ1v) is 15.4. The van der Waals surface area contributed by atoms with E-state index in [9.17, 15) is 0 Å². The molecule has 0 atom stereocenters. The largest absolute Gasteiger partial charge is 0.309 e. The van der Waals surface area contributed by atoms with E-state index in [1.54, 1.807) is 12.4 Å². The minimum Gasteiger partial charge on any atom is -0.309 e. The molecule has 11 rings (SSSR count). The zero-order valence-electron chi connectivity index (χ0n) is 24.1. The first-order chi connectivity index (χ1) is 22.4. The average molecular weight is 570 g/mol. The summed E-state index contributed by atoms with van der Waals surface area (Å²) in [4.78, 5) is 9.48. The molecule has 0 spiro atoms. The minimum absolute atomic E-state index is 0.966. The third-order valence-electron chi connectivity index (χ3n) is 9.97. The molecule has 3 heteroatoms.